The van der Waals surface area contributed by atoms with Crippen molar-refractivity contribution in [3.8, 4) is 5.75 Å². The number of benzene rings is 1. The van der Waals surface area contributed by atoms with Crippen LogP contribution >= 0.6 is 24.0 Å². The van der Waals surface area contributed by atoms with Crippen molar-refractivity contribution < 1.29 is 13.5 Å². The van der Waals surface area contributed by atoms with E-state index in [1.165, 1.54) is 0 Å². The van der Waals surface area contributed by atoms with Crippen LogP contribution in [0.3, 0.4) is 0 Å². The van der Waals surface area contributed by atoms with Crippen LogP contribution in [0.15, 0.2) is 18.2 Å². The largest absolute Gasteiger partial charge is 0.487 e. The summed E-state index contributed by atoms with van der Waals surface area (Å²) in [6, 6.07) is 5.07. The third-order valence-electron chi connectivity index (χ3n) is 2.96. The topological polar surface area (TPSA) is 35.2 Å². The summed E-state index contributed by atoms with van der Waals surface area (Å²) in [5, 5.41) is 0.590. The molecule has 0 unspecified atom stereocenters. The number of ether oxygens (including phenoxy) is 1. The van der Waals surface area contributed by atoms with E-state index in [0.717, 1.165) is 12.0 Å². The van der Waals surface area contributed by atoms with Crippen molar-refractivity contribution in [1.82, 2.24) is 0 Å². The smallest absolute Gasteiger partial charge is 0.272 e. The van der Waals surface area contributed by atoms with Crippen LogP contribution in [0.4, 0.5) is 8.78 Å². The monoisotopic (exact) mass is 297 g/mol. The van der Waals surface area contributed by atoms with Crippen LogP contribution in [0.1, 0.15) is 17.9 Å². The fourth-order valence-corrected chi connectivity index (χ4v) is 2.16. The van der Waals surface area contributed by atoms with E-state index >= 15 is 0 Å². The number of rotatable bonds is 5. The minimum atomic E-state index is -2.47. The molecular formula is C12H15Cl2F2NO. The van der Waals surface area contributed by atoms with Gasteiger partial charge in [0.2, 0.25) is 0 Å². The normalized spacial score (nSPS) is 21.6. The maximum absolute atomic E-state index is 12.1. The zero-order valence-electron chi connectivity index (χ0n) is 9.61. The van der Waals surface area contributed by atoms with Gasteiger partial charge in [0, 0.05) is 5.02 Å². The van der Waals surface area contributed by atoms with Gasteiger partial charge < -0.3 is 10.5 Å². The molecule has 0 aliphatic heterocycles. The highest BCUT2D eigenvalue weighted by atomic mass is 35.5. The van der Waals surface area contributed by atoms with Crippen LogP contribution in [0.5, 0.6) is 5.75 Å². The number of hydrogen-bond acceptors (Lipinski definition) is 2. The van der Waals surface area contributed by atoms with Gasteiger partial charge in [-0.05, 0) is 48.6 Å². The number of halogens is 4. The lowest BCUT2D eigenvalue weighted by Gasteiger charge is -2.11. The molecule has 0 saturated heterocycles. The van der Waals surface area contributed by atoms with E-state index in [0.29, 0.717) is 29.2 Å². The zero-order chi connectivity index (χ0) is 12.4. The molecule has 0 aromatic heterocycles. The van der Waals surface area contributed by atoms with Crippen LogP contribution < -0.4 is 10.5 Å². The summed E-state index contributed by atoms with van der Waals surface area (Å²) >= 11 is 5.91. The van der Waals surface area contributed by atoms with Gasteiger partial charge in [-0.25, -0.2) is 8.78 Å². The Morgan fingerprint density at radius 1 is 1.44 bits per heavy atom. The van der Waals surface area contributed by atoms with E-state index in [4.69, 9.17) is 22.1 Å². The van der Waals surface area contributed by atoms with Gasteiger partial charge in [-0.15, -0.1) is 12.4 Å². The van der Waals surface area contributed by atoms with Crippen LogP contribution in [0.2, 0.25) is 5.02 Å². The number of alkyl halides is 2. The summed E-state index contributed by atoms with van der Waals surface area (Å²) in [4.78, 5) is 0. The minimum absolute atomic E-state index is 0. The van der Waals surface area contributed by atoms with Crippen LogP contribution in [-0.4, -0.2) is 19.6 Å². The van der Waals surface area contributed by atoms with Crippen molar-refractivity contribution in [2.24, 2.45) is 11.7 Å². The summed E-state index contributed by atoms with van der Waals surface area (Å²) in [6.45, 7) is 0.0140. The Labute approximate surface area is 116 Å². The summed E-state index contributed by atoms with van der Waals surface area (Å²) in [5.41, 5.74) is 6.47. The van der Waals surface area contributed by atoms with Gasteiger partial charge >= 0.3 is 0 Å². The fourth-order valence-electron chi connectivity index (χ4n) is 1.98. The predicted octanol–water partition coefficient (Wildman–Crippen LogP) is 3.47. The maximum Gasteiger partial charge on any atom is 0.272 e. The second-order valence-electron chi connectivity index (χ2n) is 4.22. The molecule has 0 spiro atoms. The molecular weight excluding hydrogens is 283 g/mol. The standard InChI is InChI=1S/C12H14ClF2NO.ClH/c13-8-1-2-11(17-6-12(14)15)10(4-8)9-3-7(9)5-16;/h1-2,4,7,9,12H,3,5-6,16H2;1H/t7-,9+;/m1./s1. The van der Waals surface area contributed by atoms with Crippen molar-refractivity contribution in [2.75, 3.05) is 13.2 Å². The van der Waals surface area contributed by atoms with E-state index in [1.54, 1.807) is 18.2 Å². The lowest BCUT2D eigenvalue weighted by molar-refractivity contribution is 0.0814. The highest BCUT2D eigenvalue weighted by Crippen LogP contribution is 2.50. The van der Waals surface area contributed by atoms with E-state index in [1.807, 2.05) is 0 Å². The second-order valence-corrected chi connectivity index (χ2v) is 4.66. The van der Waals surface area contributed by atoms with Crippen LogP contribution in [0.25, 0.3) is 0 Å². The Morgan fingerprint density at radius 2 is 2.17 bits per heavy atom. The molecule has 1 fully saturated rings. The maximum atomic E-state index is 12.1. The molecule has 1 aliphatic rings. The van der Waals surface area contributed by atoms with E-state index < -0.39 is 13.0 Å². The van der Waals surface area contributed by atoms with Gasteiger partial charge in [0.15, 0.2) is 0 Å². The Bertz CT molecular complexity index is 404. The van der Waals surface area contributed by atoms with Crippen molar-refractivity contribution in [3.63, 3.8) is 0 Å². The van der Waals surface area contributed by atoms with E-state index in [9.17, 15) is 8.78 Å². The van der Waals surface area contributed by atoms with Crippen molar-refractivity contribution in [3.05, 3.63) is 28.8 Å². The molecule has 18 heavy (non-hydrogen) atoms. The third-order valence-corrected chi connectivity index (χ3v) is 3.20. The molecule has 2 rings (SSSR count). The quantitative estimate of drug-likeness (QED) is 0.903. The molecule has 1 aromatic rings. The molecule has 0 amide bonds. The Morgan fingerprint density at radius 3 is 2.72 bits per heavy atom. The molecule has 0 heterocycles. The molecule has 1 aromatic carbocycles. The molecule has 2 nitrogen and oxygen atoms in total. The molecule has 2 atom stereocenters. The predicted molar refractivity (Wildman–Crippen MR) is 70.1 cm³/mol. The molecule has 1 saturated carbocycles. The first-order chi connectivity index (χ1) is 8.11. The lowest BCUT2D eigenvalue weighted by atomic mass is 10.1. The van der Waals surface area contributed by atoms with Crippen LogP contribution in [0, 0.1) is 5.92 Å². The third kappa shape index (κ3) is 3.70. The number of hydrogen-bond donors (Lipinski definition) is 1. The molecule has 0 radical (unpaired) electrons. The highest BCUT2D eigenvalue weighted by molar-refractivity contribution is 6.30. The van der Waals surface area contributed by atoms with Crippen molar-refractivity contribution in [1.29, 1.82) is 0 Å². The van der Waals surface area contributed by atoms with E-state index in [-0.39, 0.29) is 12.4 Å². The van der Waals surface area contributed by atoms with Gasteiger partial charge in [-0.3, -0.25) is 0 Å². The lowest BCUT2D eigenvalue weighted by Crippen LogP contribution is -2.09. The summed E-state index contributed by atoms with van der Waals surface area (Å²) in [6.07, 6.45) is -1.50. The first-order valence-electron chi connectivity index (χ1n) is 5.52. The Kier molecular flexibility index (Phi) is 5.63. The summed E-state index contributed by atoms with van der Waals surface area (Å²) in [5.74, 6) is 1.21. The van der Waals surface area contributed by atoms with Gasteiger partial charge in [-0.1, -0.05) is 11.6 Å². The van der Waals surface area contributed by atoms with Gasteiger partial charge in [0.05, 0.1) is 0 Å². The van der Waals surface area contributed by atoms with Crippen LogP contribution in [-0.2, 0) is 0 Å². The first kappa shape index (κ1) is 15.5. The number of nitrogens with two attached hydrogens (primary N) is 1. The zero-order valence-corrected chi connectivity index (χ0v) is 11.2. The molecule has 1 aliphatic carbocycles. The SMILES string of the molecule is Cl.NC[C@H]1C[C@@H]1c1cc(Cl)ccc1OCC(F)F. The highest BCUT2D eigenvalue weighted by Gasteiger charge is 2.39. The minimum Gasteiger partial charge on any atom is -0.487 e. The van der Waals surface area contributed by atoms with Crippen molar-refractivity contribution in [2.45, 2.75) is 18.8 Å². The summed E-state index contributed by atoms with van der Waals surface area (Å²) < 4.78 is 29.3. The molecule has 2 N–H and O–H groups in total. The van der Waals surface area contributed by atoms with Gasteiger partial charge in [0.25, 0.3) is 6.43 Å². The molecule has 0 bridgehead atoms. The van der Waals surface area contributed by atoms with Crippen molar-refractivity contribution >= 4 is 24.0 Å². The Balaban J connectivity index is 0.00000162. The average molecular weight is 298 g/mol. The van der Waals surface area contributed by atoms with Gasteiger partial charge in [0.1, 0.15) is 12.4 Å². The molecule has 6 heteroatoms. The van der Waals surface area contributed by atoms with Gasteiger partial charge in [-0.2, -0.15) is 0 Å². The Hall–Kier alpha value is -0.580. The second kappa shape index (κ2) is 6.55. The molecule has 102 valence electrons. The summed E-state index contributed by atoms with van der Waals surface area (Å²) in [7, 11) is 0. The van der Waals surface area contributed by atoms with E-state index in [2.05, 4.69) is 0 Å². The first-order valence-corrected chi connectivity index (χ1v) is 5.90. The average Bonchev–Trinajstić information content (AvgIpc) is 3.06. The fraction of sp³-hybridized carbons (Fsp3) is 0.500.